The molecule has 96 valence electrons. The van der Waals surface area contributed by atoms with E-state index in [-0.39, 0.29) is 0 Å². The highest BCUT2D eigenvalue weighted by Crippen LogP contribution is 2.26. The Kier molecular flexibility index (Phi) is 2.90. The van der Waals surface area contributed by atoms with Gasteiger partial charge in [0.2, 0.25) is 0 Å². The van der Waals surface area contributed by atoms with Crippen molar-refractivity contribution in [3.05, 3.63) is 54.4 Å². The van der Waals surface area contributed by atoms with Crippen LogP contribution in [0.3, 0.4) is 0 Å². The minimum absolute atomic E-state index is 0.558. The third kappa shape index (κ3) is 2.10. The summed E-state index contributed by atoms with van der Waals surface area (Å²) >= 11 is 0. The summed E-state index contributed by atoms with van der Waals surface area (Å²) in [4.78, 5) is 8.43. The van der Waals surface area contributed by atoms with Crippen LogP contribution in [0.4, 0.5) is 17.2 Å². The highest BCUT2D eigenvalue weighted by Gasteiger charge is 2.07. The van der Waals surface area contributed by atoms with E-state index in [4.69, 9.17) is 11.0 Å². The molecule has 0 saturated heterocycles. The number of nitriles is 1. The molecule has 0 radical (unpaired) electrons. The molecule has 3 aromatic rings. The summed E-state index contributed by atoms with van der Waals surface area (Å²) in [6, 6.07) is 14.9. The van der Waals surface area contributed by atoms with Crippen LogP contribution in [0.25, 0.3) is 10.9 Å². The predicted molar refractivity (Wildman–Crippen MR) is 78.4 cm³/mol. The van der Waals surface area contributed by atoms with Crippen molar-refractivity contribution in [2.24, 2.45) is 0 Å². The summed E-state index contributed by atoms with van der Waals surface area (Å²) in [6.45, 7) is 0. The molecule has 0 aliphatic heterocycles. The Hall–Kier alpha value is -3.13. The quantitative estimate of drug-likeness (QED) is 0.692. The molecular formula is C15H11N5. The van der Waals surface area contributed by atoms with Gasteiger partial charge in [0.1, 0.15) is 18.2 Å². The molecule has 3 rings (SSSR count). The van der Waals surface area contributed by atoms with Crippen molar-refractivity contribution < 1.29 is 0 Å². The molecule has 2 aromatic carbocycles. The number of fused-ring (bicyclic) bond motifs is 1. The van der Waals surface area contributed by atoms with Gasteiger partial charge in [-0.15, -0.1) is 0 Å². The van der Waals surface area contributed by atoms with E-state index in [9.17, 15) is 0 Å². The highest BCUT2D eigenvalue weighted by atomic mass is 15.0. The molecule has 0 aliphatic carbocycles. The molecule has 3 N–H and O–H groups in total. The van der Waals surface area contributed by atoms with Crippen LogP contribution < -0.4 is 11.1 Å². The third-order valence-electron chi connectivity index (χ3n) is 2.96. The average Bonchev–Trinajstić information content (AvgIpc) is 2.48. The van der Waals surface area contributed by atoms with Gasteiger partial charge in [-0.2, -0.15) is 5.26 Å². The van der Waals surface area contributed by atoms with Crippen molar-refractivity contribution in [3.8, 4) is 6.07 Å². The van der Waals surface area contributed by atoms with Gasteiger partial charge in [0.15, 0.2) is 0 Å². The zero-order valence-corrected chi connectivity index (χ0v) is 10.5. The molecule has 0 aliphatic rings. The van der Waals surface area contributed by atoms with Crippen molar-refractivity contribution in [1.82, 2.24) is 9.97 Å². The molecule has 5 heteroatoms. The summed E-state index contributed by atoms with van der Waals surface area (Å²) in [5.74, 6) is 0.630. The van der Waals surface area contributed by atoms with Crippen molar-refractivity contribution in [3.63, 3.8) is 0 Å². The normalized spacial score (nSPS) is 10.2. The molecule has 1 aromatic heterocycles. The van der Waals surface area contributed by atoms with Crippen LogP contribution in [-0.2, 0) is 0 Å². The van der Waals surface area contributed by atoms with E-state index in [1.165, 1.54) is 6.33 Å². The van der Waals surface area contributed by atoms with E-state index in [2.05, 4.69) is 21.4 Å². The lowest BCUT2D eigenvalue weighted by molar-refractivity contribution is 1.22. The Bertz CT molecular complexity index is 820. The van der Waals surface area contributed by atoms with E-state index in [1.807, 2.05) is 30.3 Å². The van der Waals surface area contributed by atoms with Gasteiger partial charge >= 0.3 is 0 Å². The van der Waals surface area contributed by atoms with Crippen molar-refractivity contribution in [2.45, 2.75) is 0 Å². The van der Waals surface area contributed by atoms with Crippen LogP contribution in [-0.4, -0.2) is 9.97 Å². The van der Waals surface area contributed by atoms with Crippen LogP contribution >= 0.6 is 0 Å². The van der Waals surface area contributed by atoms with E-state index in [0.717, 1.165) is 10.9 Å². The highest BCUT2D eigenvalue weighted by molar-refractivity contribution is 5.93. The first-order valence-corrected chi connectivity index (χ1v) is 6.04. The number of anilines is 3. The molecule has 0 atom stereocenters. The largest absolute Gasteiger partial charge is 0.399 e. The number of para-hydroxylation sites is 1. The number of hydrogen-bond donors (Lipinski definition) is 2. The summed E-state index contributed by atoms with van der Waals surface area (Å²) in [5, 5.41) is 13.1. The zero-order valence-electron chi connectivity index (χ0n) is 10.5. The Balaban J connectivity index is 2.11. The Morgan fingerprint density at radius 1 is 1.10 bits per heavy atom. The van der Waals surface area contributed by atoms with E-state index >= 15 is 0 Å². The molecule has 0 fully saturated rings. The van der Waals surface area contributed by atoms with Crippen LogP contribution in [0, 0.1) is 11.3 Å². The number of rotatable bonds is 2. The van der Waals surface area contributed by atoms with Crippen molar-refractivity contribution in [1.29, 1.82) is 5.26 Å². The van der Waals surface area contributed by atoms with Gasteiger partial charge in [-0.25, -0.2) is 9.97 Å². The maximum Gasteiger partial charge on any atom is 0.141 e. The fraction of sp³-hybridized carbons (Fsp3) is 0. The Morgan fingerprint density at radius 3 is 2.80 bits per heavy atom. The molecule has 0 amide bonds. The van der Waals surface area contributed by atoms with Crippen LogP contribution in [0.1, 0.15) is 5.56 Å². The summed E-state index contributed by atoms with van der Waals surface area (Å²) in [5.41, 5.74) is 8.51. The molecule has 1 heterocycles. The monoisotopic (exact) mass is 261 g/mol. The second kappa shape index (κ2) is 4.86. The van der Waals surface area contributed by atoms with Gasteiger partial charge in [-0.05, 0) is 30.3 Å². The van der Waals surface area contributed by atoms with Gasteiger partial charge in [-0.3, -0.25) is 0 Å². The standard InChI is InChI=1S/C15H11N5/c16-8-10-3-1-2-4-13(10)20-15-12-7-11(17)5-6-14(12)18-9-19-15/h1-7,9H,17H2,(H,18,19,20). The lowest BCUT2D eigenvalue weighted by atomic mass is 10.1. The number of benzene rings is 2. The fourth-order valence-electron chi connectivity index (χ4n) is 1.99. The molecular weight excluding hydrogens is 250 g/mol. The lowest BCUT2D eigenvalue weighted by Gasteiger charge is -2.09. The Morgan fingerprint density at radius 2 is 1.95 bits per heavy atom. The molecule has 5 nitrogen and oxygen atoms in total. The van der Waals surface area contributed by atoms with E-state index in [0.29, 0.717) is 22.8 Å². The average molecular weight is 261 g/mol. The van der Waals surface area contributed by atoms with Crippen LogP contribution in [0.2, 0.25) is 0 Å². The summed E-state index contributed by atoms with van der Waals surface area (Å²) < 4.78 is 0. The summed E-state index contributed by atoms with van der Waals surface area (Å²) in [7, 11) is 0. The minimum Gasteiger partial charge on any atom is -0.399 e. The number of nitrogens with zero attached hydrogens (tertiary/aromatic N) is 3. The van der Waals surface area contributed by atoms with Gasteiger partial charge in [-0.1, -0.05) is 12.1 Å². The van der Waals surface area contributed by atoms with Crippen molar-refractivity contribution >= 4 is 28.1 Å². The Labute approximate surface area is 115 Å². The molecule has 0 spiro atoms. The predicted octanol–water partition coefficient (Wildman–Crippen LogP) is 2.83. The van der Waals surface area contributed by atoms with E-state index < -0.39 is 0 Å². The van der Waals surface area contributed by atoms with Crippen LogP contribution in [0.5, 0.6) is 0 Å². The molecule has 0 bridgehead atoms. The smallest absolute Gasteiger partial charge is 0.141 e. The van der Waals surface area contributed by atoms with Gasteiger partial charge < -0.3 is 11.1 Å². The SMILES string of the molecule is N#Cc1ccccc1Nc1ncnc2ccc(N)cc12. The maximum absolute atomic E-state index is 9.11. The number of nitrogens with two attached hydrogens (primary N) is 1. The topological polar surface area (TPSA) is 87.6 Å². The molecule has 0 unspecified atom stereocenters. The lowest BCUT2D eigenvalue weighted by Crippen LogP contribution is -1.98. The first kappa shape index (κ1) is 11.9. The fourth-order valence-corrected chi connectivity index (χ4v) is 1.99. The zero-order chi connectivity index (χ0) is 13.9. The number of nitrogen functional groups attached to an aromatic ring is 1. The molecule has 0 saturated carbocycles. The molecule has 20 heavy (non-hydrogen) atoms. The van der Waals surface area contributed by atoms with Crippen molar-refractivity contribution in [2.75, 3.05) is 11.1 Å². The number of hydrogen-bond acceptors (Lipinski definition) is 5. The van der Waals surface area contributed by atoms with E-state index in [1.54, 1.807) is 12.1 Å². The first-order chi connectivity index (χ1) is 9.78. The summed E-state index contributed by atoms with van der Waals surface area (Å²) in [6.07, 6.45) is 1.48. The maximum atomic E-state index is 9.11. The van der Waals surface area contributed by atoms with Gasteiger partial charge in [0, 0.05) is 11.1 Å². The number of aromatic nitrogens is 2. The van der Waals surface area contributed by atoms with Gasteiger partial charge in [0.05, 0.1) is 16.8 Å². The first-order valence-electron chi connectivity index (χ1n) is 6.04. The van der Waals surface area contributed by atoms with Crippen LogP contribution in [0.15, 0.2) is 48.8 Å². The second-order valence-corrected chi connectivity index (χ2v) is 4.28. The second-order valence-electron chi connectivity index (χ2n) is 4.28. The minimum atomic E-state index is 0.558. The third-order valence-corrected chi connectivity index (χ3v) is 2.96. The van der Waals surface area contributed by atoms with Gasteiger partial charge in [0.25, 0.3) is 0 Å². The number of nitrogens with one attached hydrogen (secondary N) is 1.